The zero-order valence-corrected chi connectivity index (χ0v) is 12.2. The average Bonchev–Trinajstić information content (AvgIpc) is 2.46. The maximum atomic E-state index is 10.8. The molecule has 0 bridgehead atoms. The van der Waals surface area contributed by atoms with Gasteiger partial charge in [-0.25, -0.2) is 4.79 Å². The number of rotatable bonds is 8. The fraction of sp³-hybridized carbons (Fsp3) is 0.312. The minimum Gasteiger partial charge on any atom is -0.508 e. The molecule has 21 heavy (non-hydrogen) atoms. The van der Waals surface area contributed by atoms with Crippen LogP contribution in [0.4, 0.5) is 4.79 Å². The molecular weight excluding hydrogens is 270 g/mol. The third-order valence-electron chi connectivity index (χ3n) is 2.70. The number of carbonyl (C=O) groups is 1. The van der Waals surface area contributed by atoms with Crippen molar-refractivity contribution in [1.29, 1.82) is 0 Å². The lowest BCUT2D eigenvalue weighted by Crippen LogP contribution is -2.23. The highest BCUT2D eigenvalue weighted by molar-refractivity contribution is 5.59. The summed E-state index contributed by atoms with van der Waals surface area (Å²) in [4.78, 5) is 12.9. The number of hydrogen-bond acceptors (Lipinski definition) is 5. The second kappa shape index (κ2) is 9.61. The van der Waals surface area contributed by atoms with Crippen molar-refractivity contribution in [3.63, 3.8) is 0 Å². The van der Waals surface area contributed by atoms with Crippen molar-refractivity contribution in [1.82, 2.24) is 4.90 Å². The van der Waals surface area contributed by atoms with Gasteiger partial charge in [-0.2, -0.15) is 0 Å². The third-order valence-corrected chi connectivity index (χ3v) is 2.70. The molecule has 1 N–H and O–H groups in total. The summed E-state index contributed by atoms with van der Waals surface area (Å²) in [5.74, 6) is 0.257. The van der Waals surface area contributed by atoms with E-state index in [1.165, 1.54) is 7.11 Å². The Morgan fingerprint density at radius 2 is 2.19 bits per heavy atom. The van der Waals surface area contributed by atoms with Crippen LogP contribution in [0.3, 0.4) is 0 Å². The molecule has 1 aromatic carbocycles. The molecule has 0 aliphatic rings. The number of ether oxygens (including phenoxy) is 2. The van der Waals surface area contributed by atoms with Gasteiger partial charge in [0.05, 0.1) is 7.11 Å². The fourth-order valence-corrected chi connectivity index (χ4v) is 1.77. The highest BCUT2D eigenvalue weighted by Gasteiger charge is 2.03. The molecule has 0 fully saturated rings. The van der Waals surface area contributed by atoms with E-state index in [9.17, 15) is 9.90 Å². The SMILES string of the molecule is C=CCN(C/C=C/COC(=O)OC)Cc1cccc(O)c1. The maximum Gasteiger partial charge on any atom is 0.508 e. The van der Waals surface area contributed by atoms with E-state index >= 15 is 0 Å². The number of nitrogens with zero attached hydrogens (tertiary/aromatic N) is 1. The number of aromatic hydroxyl groups is 1. The number of hydrogen-bond donors (Lipinski definition) is 1. The first kappa shape index (κ1) is 16.8. The Bertz CT molecular complexity index is 485. The highest BCUT2D eigenvalue weighted by atomic mass is 16.7. The first-order valence-corrected chi connectivity index (χ1v) is 6.62. The topological polar surface area (TPSA) is 59.0 Å². The van der Waals surface area contributed by atoms with Crippen molar-refractivity contribution in [2.24, 2.45) is 0 Å². The van der Waals surface area contributed by atoms with Gasteiger partial charge in [-0.1, -0.05) is 24.3 Å². The number of benzene rings is 1. The fourth-order valence-electron chi connectivity index (χ4n) is 1.77. The second-order valence-corrected chi connectivity index (χ2v) is 4.39. The number of phenols is 1. The van der Waals surface area contributed by atoms with E-state index in [2.05, 4.69) is 16.2 Å². The molecule has 0 atom stereocenters. The summed E-state index contributed by atoms with van der Waals surface area (Å²) in [6, 6.07) is 7.16. The third kappa shape index (κ3) is 7.17. The molecule has 114 valence electrons. The largest absolute Gasteiger partial charge is 0.508 e. The summed E-state index contributed by atoms with van der Waals surface area (Å²) in [7, 11) is 1.27. The maximum absolute atomic E-state index is 10.8. The Morgan fingerprint density at radius 3 is 2.86 bits per heavy atom. The van der Waals surface area contributed by atoms with Gasteiger partial charge in [0.1, 0.15) is 12.4 Å². The minimum absolute atomic E-state index is 0.181. The van der Waals surface area contributed by atoms with Crippen molar-refractivity contribution in [3.8, 4) is 5.75 Å². The Morgan fingerprint density at radius 1 is 1.38 bits per heavy atom. The van der Waals surface area contributed by atoms with Gasteiger partial charge < -0.3 is 14.6 Å². The molecule has 0 heterocycles. The van der Waals surface area contributed by atoms with Gasteiger partial charge in [0, 0.05) is 19.6 Å². The molecule has 5 heteroatoms. The lowest BCUT2D eigenvalue weighted by Gasteiger charge is -2.18. The summed E-state index contributed by atoms with van der Waals surface area (Å²) in [5.41, 5.74) is 1.02. The van der Waals surface area contributed by atoms with Crippen molar-refractivity contribution < 1.29 is 19.4 Å². The van der Waals surface area contributed by atoms with Crippen LogP contribution in [0.1, 0.15) is 5.56 Å². The Hall–Kier alpha value is -2.27. The molecular formula is C16H21NO4. The second-order valence-electron chi connectivity index (χ2n) is 4.39. The molecule has 0 aliphatic carbocycles. The Balaban J connectivity index is 2.44. The molecule has 0 amide bonds. The van der Waals surface area contributed by atoms with Crippen molar-refractivity contribution >= 4 is 6.16 Å². The van der Waals surface area contributed by atoms with E-state index in [4.69, 9.17) is 4.74 Å². The van der Waals surface area contributed by atoms with Crippen LogP contribution >= 0.6 is 0 Å². The van der Waals surface area contributed by atoms with Gasteiger partial charge in [-0.3, -0.25) is 4.90 Å². The first-order valence-electron chi connectivity index (χ1n) is 6.62. The summed E-state index contributed by atoms with van der Waals surface area (Å²) < 4.78 is 9.11. The molecule has 1 aromatic rings. The van der Waals surface area contributed by atoms with E-state index in [1.54, 1.807) is 18.2 Å². The van der Waals surface area contributed by atoms with Gasteiger partial charge in [0.25, 0.3) is 0 Å². The van der Waals surface area contributed by atoms with Crippen LogP contribution in [0.5, 0.6) is 5.75 Å². The molecule has 1 rings (SSSR count). The molecule has 0 spiro atoms. The Kier molecular flexibility index (Phi) is 7.68. The molecule has 0 aliphatic heterocycles. The van der Waals surface area contributed by atoms with Gasteiger partial charge in [0.15, 0.2) is 0 Å². The van der Waals surface area contributed by atoms with Gasteiger partial charge >= 0.3 is 6.16 Å². The van der Waals surface area contributed by atoms with E-state index in [1.807, 2.05) is 24.3 Å². The van der Waals surface area contributed by atoms with E-state index in [0.29, 0.717) is 13.1 Å². The number of carbonyl (C=O) groups excluding carboxylic acids is 1. The normalized spacial score (nSPS) is 10.8. The van der Waals surface area contributed by atoms with Crippen LogP contribution in [0, 0.1) is 0 Å². The van der Waals surface area contributed by atoms with Gasteiger partial charge in [-0.05, 0) is 23.8 Å². The molecule has 0 radical (unpaired) electrons. The van der Waals surface area contributed by atoms with Crippen LogP contribution in [-0.2, 0) is 16.0 Å². The standard InChI is InChI=1S/C16H21NO4/c1-3-9-17(10-4-5-11-21-16(19)20-2)13-14-7-6-8-15(18)12-14/h3-8,12,18H,1,9-11,13H2,2H3/b5-4+. The zero-order chi connectivity index (χ0) is 15.5. The lowest BCUT2D eigenvalue weighted by atomic mass is 10.2. The summed E-state index contributed by atoms with van der Waals surface area (Å²) in [6.45, 7) is 6.02. The predicted molar refractivity (Wildman–Crippen MR) is 81.1 cm³/mol. The molecule has 5 nitrogen and oxygen atoms in total. The van der Waals surface area contributed by atoms with Crippen LogP contribution < -0.4 is 0 Å². The van der Waals surface area contributed by atoms with Crippen molar-refractivity contribution in [2.45, 2.75) is 6.54 Å². The van der Waals surface area contributed by atoms with Crippen molar-refractivity contribution in [2.75, 3.05) is 26.8 Å². The van der Waals surface area contributed by atoms with E-state index < -0.39 is 6.16 Å². The summed E-state index contributed by atoms with van der Waals surface area (Å²) in [5, 5.41) is 9.46. The Labute approximate surface area is 125 Å². The quantitative estimate of drug-likeness (QED) is 0.589. The number of phenolic OH excluding ortho intramolecular Hbond substituents is 1. The van der Waals surface area contributed by atoms with Crippen LogP contribution in [0.2, 0.25) is 0 Å². The average molecular weight is 291 g/mol. The summed E-state index contributed by atoms with van der Waals surface area (Å²) in [6.07, 6.45) is 4.80. The predicted octanol–water partition coefficient (Wildman–Crippen LogP) is 2.72. The highest BCUT2D eigenvalue weighted by Crippen LogP contribution is 2.12. The van der Waals surface area contributed by atoms with Crippen LogP contribution in [-0.4, -0.2) is 43.0 Å². The minimum atomic E-state index is -0.692. The van der Waals surface area contributed by atoms with Crippen LogP contribution in [0.15, 0.2) is 49.1 Å². The molecule has 0 aromatic heterocycles. The number of methoxy groups -OCH3 is 1. The first-order chi connectivity index (χ1) is 10.2. The molecule has 0 saturated carbocycles. The van der Waals surface area contributed by atoms with Crippen molar-refractivity contribution in [3.05, 3.63) is 54.6 Å². The lowest BCUT2D eigenvalue weighted by molar-refractivity contribution is 0.0817. The van der Waals surface area contributed by atoms with Crippen LogP contribution in [0.25, 0.3) is 0 Å². The molecule has 0 saturated heterocycles. The summed E-state index contributed by atoms with van der Waals surface area (Å²) >= 11 is 0. The smallest absolute Gasteiger partial charge is 0.508 e. The zero-order valence-electron chi connectivity index (χ0n) is 12.2. The van der Waals surface area contributed by atoms with Gasteiger partial charge in [-0.15, -0.1) is 6.58 Å². The van der Waals surface area contributed by atoms with E-state index in [0.717, 1.165) is 12.1 Å². The van der Waals surface area contributed by atoms with E-state index in [-0.39, 0.29) is 12.4 Å². The monoisotopic (exact) mass is 291 g/mol. The van der Waals surface area contributed by atoms with Gasteiger partial charge in [0.2, 0.25) is 0 Å². The molecule has 0 unspecified atom stereocenters.